The molecule has 4 nitrogen and oxygen atoms in total. The van der Waals surface area contributed by atoms with E-state index in [9.17, 15) is 9.59 Å². The molecular weight excluding hydrogens is 332 g/mol. The third-order valence-electron chi connectivity index (χ3n) is 5.68. The molecule has 1 aromatic carbocycles. The van der Waals surface area contributed by atoms with Crippen LogP contribution in [0, 0.1) is 5.92 Å². The van der Waals surface area contributed by atoms with E-state index in [2.05, 4.69) is 16.3 Å². The topological polar surface area (TPSA) is 40.6 Å². The van der Waals surface area contributed by atoms with Crippen molar-refractivity contribution in [1.82, 2.24) is 9.80 Å². The van der Waals surface area contributed by atoms with Crippen LogP contribution in [-0.4, -0.2) is 41.2 Å². The highest BCUT2D eigenvalue weighted by Crippen LogP contribution is 2.48. The normalized spacial score (nSPS) is 23.0. The van der Waals surface area contributed by atoms with Crippen LogP contribution in [0.3, 0.4) is 0 Å². The summed E-state index contributed by atoms with van der Waals surface area (Å²) in [6.07, 6.45) is 3.67. The van der Waals surface area contributed by atoms with Crippen LogP contribution < -0.4 is 0 Å². The van der Waals surface area contributed by atoms with Crippen LogP contribution in [-0.2, 0) is 6.42 Å². The van der Waals surface area contributed by atoms with Crippen LogP contribution in [0.1, 0.15) is 50.0 Å². The highest BCUT2D eigenvalue weighted by molar-refractivity contribution is 7.10. The molecule has 0 bridgehead atoms. The SMILES string of the molecule is O=C1c2ccccc2C(=O)N1CCN1CCc2sccc2[C@H]1C1CC1. The van der Waals surface area contributed by atoms with E-state index in [-0.39, 0.29) is 11.8 Å². The van der Waals surface area contributed by atoms with Crippen LogP contribution in [0.2, 0.25) is 0 Å². The van der Waals surface area contributed by atoms with Gasteiger partial charge in [-0.15, -0.1) is 11.3 Å². The summed E-state index contributed by atoms with van der Waals surface area (Å²) >= 11 is 1.87. The zero-order valence-corrected chi connectivity index (χ0v) is 14.8. The van der Waals surface area contributed by atoms with Crippen molar-refractivity contribution in [2.24, 2.45) is 5.92 Å². The number of amides is 2. The number of hydrogen-bond acceptors (Lipinski definition) is 4. The van der Waals surface area contributed by atoms with E-state index < -0.39 is 0 Å². The van der Waals surface area contributed by atoms with Crippen molar-refractivity contribution < 1.29 is 9.59 Å². The van der Waals surface area contributed by atoms with Gasteiger partial charge in [-0.25, -0.2) is 0 Å². The van der Waals surface area contributed by atoms with Gasteiger partial charge in [0, 0.05) is 30.6 Å². The third kappa shape index (κ3) is 2.45. The maximum absolute atomic E-state index is 12.6. The van der Waals surface area contributed by atoms with Gasteiger partial charge in [-0.2, -0.15) is 0 Å². The lowest BCUT2D eigenvalue weighted by molar-refractivity contribution is 0.0614. The van der Waals surface area contributed by atoms with E-state index in [0.29, 0.717) is 23.7 Å². The minimum absolute atomic E-state index is 0.142. The molecule has 2 aliphatic heterocycles. The van der Waals surface area contributed by atoms with Crippen LogP contribution in [0.25, 0.3) is 0 Å². The zero-order valence-electron chi connectivity index (χ0n) is 14.0. The summed E-state index contributed by atoms with van der Waals surface area (Å²) in [5.74, 6) is 0.462. The average Bonchev–Trinajstić information content (AvgIpc) is 3.31. The van der Waals surface area contributed by atoms with Crippen molar-refractivity contribution in [3.8, 4) is 0 Å². The van der Waals surface area contributed by atoms with Gasteiger partial charge in [0.15, 0.2) is 0 Å². The fourth-order valence-electron chi connectivity index (χ4n) is 4.28. The summed E-state index contributed by atoms with van der Waals surface area (Å²) in [5, 5.41) is 2.20. The second-order valence-electron chi connectivity index (χ2n) is 7.17. The molecule has 0 spiro atoms. The monoisotopic (exact) mass is 352 g/mol. The summed E-state index contributed by atoms with van der Waals surface area (Å²) in [6.45, 7) is 2.27. The molecule has 0 unspecified atom stereocenters. The molecule has 25 heavy (non-hydrogen) atoms. The standard InChI is InChI=1S/C20H20N2O2S/c23-19-14-3-1-2-4-15(14)20(24)22(19)11-10-21-9-7-17-16(8-12-25-17)18(21)13-5-6-13/h1-4,8,12-13,18H,5-7,9-11H2/t18-/m1/s1. The number of rotatable bonds is 4. The summed E-state index contributed by atoms with van der Waals surface area (Å²) < 4.78 is 0. The quantitative estimate of drug-likeness (QED) is 0.793. The van der Waals surface area contributed by atoms with Gasteiger partial charge in [0.1, 0.15) is 0 Å². The molecule has 1 aromatic heterocycles. The first-order chi connectivity index (χ1) is 12.2. The van der Waals surface area contributed by atoms with E-state index in [0.717, 1.165) is 25.4 Å². The van der Waals surface area contributed by atoms with Crippen molar-refractivity contribution in [3.05, 3.63) is 57.3 Å². The zero-order chi connectivity index (χ0) is 17.0. The Hall–Kier alpha value is -1.98. The second-order valence-corrected chi connectivity index (χ2v) is 8.18. The maximum Gasteiger partial charge on any atom is 0.261 e. The molecule has 5 heteroatoms. The molecule has 3 aliphatic rings. The van der Waals surface area contributed by atoms with Gasteiger partial charge >= 0.3 is 0 Å². The molecule has 1 saturated carbocycles. The minimum atomic E-state index is -0.142. The van der Waals surface area contributed by atoms with E-state index in [4.69, 9.17) is 0 Å². The Bertz CT molecular complexity index is 820. The minimum Gasteiger partial charge on any atom is -0.294 e. The lowest BCUT2D eigenvalue weighted by Gasteiger charge is -2.36. The van der Waals surface area contributed by atoms with Gasteiger partial charge in [0.05, 0.1) is 11.1 Å². The first kappa shape index (κ1) is 15.3. The lowest BCUT2D eigenvalue weighted by Crippen LogP contribution is -2.42. The first-order valence-corrected chi connectivity index (χ1v) is 9.87. The number of imide groups is 1. The molecule has 1 aliphatic carbocycles. The molecule has 2 amide bonds. The third-order valence-corrected chi connectivity index (χ3v) is 6.67. The average molecular weight is 352 g/mol. The molecule has 0 saturated heterocycles. The van der Waals surface area contributed by atoms with E-state index in [1.54, 1.807) is 12.1 Å². The van der Waals surface area contributed by atoms with Crippen LogP contribution in [0.4, 0.5) is 0 Å². The van der Waals surface area contributed by atoms with Gasteiger partial charge < -0.3 is 0 Å². The highest BCUT2D eigenvalue weighted by Gasteiger charge is 2.41. The number of thiophene rings is 1. The Morgan fingerprint density at radius 3 is 2.40 bits per heavy atom. The van der Waals surface area contributed by atoms with Gasteiger partial charge in [-0.05, 0) is 54.3 Å². The highest BCUT2D eigenvalue weighted by atomic mass is 32.1. The predicted octanol–water partition coefficient (Wildman–Crippen LogP) is 3.35. The van der Waals surface area contributed by atoms with Crippen molar-refractivity contribution in [2.45, 2.75) is 25.3 Å². The number of nitrogens with zero attached hydrogens (tertiary/aromatic N) is 2. The fourth-order valence-corrected chi connectivity index (χ4v) is 5.20. The summed E-state index contributed by atoms with van der Waals surface area (Å²) in [6, 6.07) is 9.89. The molecule has 2 aromatic rings. The van der Waals surface area contributed by atoms with E-state index in [1.165, 1.54) is 28.2 Å². The second kappa shape index (κ2) is 5.78. The number of carbonyl (C=O) groups is 2. The van der Waals surface area contributed by atoms with E-state index >= 15 is 0 Å². The molecule has 1 atom stereocenters. The summed E-state index contributed by atoms with van der Waals surface area (Å²) in [4.78, 5) is 30.6. The van der Waals surface area contributed by atoms with Crippen molar-refractivity contribution in [3.63, 3.8) is 0 Å². The van der Waals surface area contributed by atoms with E-state index in [1.807, 2.05) is 23.5 Å². The summed E-state index contributed by atoms with van der Waals surface area (Å²) in [7, 11) is 0. The molecular formula is C20H20N2O2S. The Morgan fingerprint density at radius 1 is 1.00 bits per heavy atom. The largest absolute Gasteiger partial charge is 0.294 e. The molecule has 5 rings (SSSR count). The van der Waals surface area contributed by atoms with Gasteiger partial charge in [0.25, 0.3) is 11.8 Å². The van der Waals surface area contributed by atoms with Crippen LogP contribution in [0.5, 0.6) is 0 Å². The number of carbonyl (C=O) groups excluding carboxylic acids is 2. The Morgan fingerprint density at radius 2 is 1.72 bits per heavy atom. The Labute approximate surface area is 151 Å². The van der Waals surface area contributed by atoms with Crippen molar-refractivity contribution in [2.75, 3.05) is 19.6 Å². The molecule has 3 heterocycles. The Kier molecular flexibility index (Phi) is 3.54. The number of fused-ring (bicyclic) bond motifs is 2. The molecule has 0 radical (unpaired) electrons. The summed E-state index contributed by atoms with van der Waals surface area (Å²) in [5.41, 5.74) is 2.58. The first-order valence-electron chi connectivity index (χ1n) is 8.99. The maximum atomic E-state index is 12.6. The van der Waals surface area contributed by atoms with Gasteiger partial charge in [0.2, 0.25) is 0 Å². The van der Waals surface area contributed by atoms with Crippen LogP contribution in [0.15, 0.2) is 35.7 Å². The smallest absolute Gasteiger partial charge is 0.261 e. The molecule has 0 N–H and O–H groups in total. The number of hydrogen-bond donors (Lipinski definition) is 0. The fraction of sp³-hybridized carbons (Fsp3) is 0.400. The van der Waals surface area contributed by atoms with Crippen molar-refractivity contribution >= 4 is 23.2 Å². The predicted molar refractivity (Wildman–Crippen MR) is 96.9 cm³/mol. The molecule has 128 valence electrons. The van der Waals surface area contributed by atoms with Crippen LogP contribution >= 0.6 is 11.3 Å². The number of benzene rings is 1. The van der Waals surface area contributed by atoms with Gasteiger partial charge in [-0.1, -0.05) is 12.1 Å². The lowest BCUT2D eigenvalue weighted by atomic mass is 9.96. The Balaban J connectivity index is 1.34. The molecule has 1 fully saturated rings. The van der Waals surface area contributed by atoms with Gasteiger partial charge in [-0.3, -0.25) is 19.4 Å². The van der Waals surface area contributed by atoms with Crippen molar-refractivity contribution in [1.29, 1.82) is 0 Å².